The summed E-state index contributed by atoms with van der Waals surface area (Å²) in [6.07, 6.45) is 5.71. The molecule has 4 rings (SSSR count). The van der Waals surface area contributed by atoms with E-state index in [0.29, 0.717) is 50.5 Å². The Morgan fingerprint density at radius 2 is 1.97 bits per heavy atom. The van der Waals surface area contributed by atoms with Crippen LogP contribution in [0.3, 0.4) is 0 Å². The van der Waals surface area contributed by atoms with Crippen LogP contribution in [0.5, 0.6) is 5.88 Å². The summed E-state index contributed by atoms with van der Waals surface area (Å²) in [5, 5.41) is 1.39. The summed E-state index contributed by atoms with van der Waals surface area (Å²) < 4.78 is 18.7. The maximum Gasteiger partial charge on any atom is 0.270 e. The molecule has 0 aliphatic carbocycles. The fourth-order valence-electron chi connectivity index (χ4n) is 3.77. The van der Waals surface area contributed by atoms with Crippen LogP contribution in [-0.4, -0.2) is 63.6 Å². The number of nitrogens with two attached hydrogens (primary N) is 1. The highest BCUT2D eigenvalue weighted by molar-refractivity contribution is 5.91. The summed E-state index contributed by atoms with van der Waals surface area (Å²) in [6, 6.07) is -0.327. The van der Waals surface area contributed by atoms with Gasteiger partial charge in [0, 0.05) is 25.4 Å². The van der Waals surface area contributed by atoms with Crippen molar-refractivity contribution in [1.82, 2.24) is 25.0 Å². The lowest BCUT2D eigenvalue weighted by molar-refractivity contribution is -0.182. The monoisotopic (exact) mass is 431 g/mol. The van der Waals surface area contributed by atoms with E-state index in [9.17, 15) is 14.0 Å². The lowest BCUT2D eigenvalue weighted by Gasteiger charge is -2.33. The van der Waals surface area contributed by atoms with E-state index in [4.69, 9.17) is 15.3 Å². The van der Waals surface area contributed by atoms with E-state index in [1.54, 1.807) is 11.1 Å². The van der Waals surface area contributed by atoms with E-state index >= 15 is 0 Å². The normalized spacial score (nSPS) is 19.5. The van der Waals surface area contributed by atoms with E-state index in [1.165, 1.54) is 18.4 Å². The number of nitrogens with zero attached hydrogens (tertiary/aromatic N) is 6. The van der Waals surface area contributed by atoms with Crippen LogP contribution in [0.4, 0.5) is 10.3 Å². The fourth-order valence-corrected chi connectivity index (χ4v) is 3.77. The third-order valence-corrected chi connectivity index (χ3v) is 5.40. The predicted molar refractivity (Wildman–Crippen MR) is 104 cm³/mol. The molecule has 2 aliphatic heterocycles. The van der Waals surface area contributed by atoms with Gasteiger partial charge in [-0.2, -0.15) is 0 Å². The van der Waals surface area contributed by atoms with E-state index in [1.807, 2.05) is 0 Å². The van der Waals surface area contributed by atoms with E-state index in [2.05, 4.69) is 19.9 Å². The van der Waals surface area contributed by atoms with Gasteiger partial charge in [0.2, 0.25) is 17.7 Å². The SMILES string of the molecule is COc1cncc([C@@H]2CCON2C(=O)C2CCN(c3ncc(F)c(C(N)=O)n3)CC2)n1. The molecule has 1 atom stereocenters. The molecule has 2 N–H and O–H groups in total. The lowest BCUT2D eigenvalue weighted by atomic mass is 9.95. The zero-order valence-electron chi connectivity index (χ0n) is 16.9. The summed E-state index contributed by atoms with van der Waals surface area (Å²) in [7, 11) is 1.51. The zero-order chi connectivity index (χ0) is 22.0. The molecule has 2 saturated heterocycles. The largest absolute Gasteiger partial charge is 0.480 e. The first-order valence-corrected chi connectivity index (χ1v) is 9.87. The molecule has 12 heteroatoms. The van der Waals surface area contributed by atoms with Crippen molar-refractivity contribution in [2.24, 2.45) is 11.7 Å². The van der Waals surface area contributed by atoms with Crippen molar-refractivity contribution in [1.29, 1.82) is 0 Å². The number of amides is 2. The van der Waals surface area contributed by atoms with Crippen LogP contribution >= 0.6 is 0 Å². The molecule has 0 saturated carbocycles. The van der Waals surface area contributed by atoms with Gasteiger partial charge in [-0.25, -0.2) is 24.4 Å². The topological polar surface area (TPSA) is 137 Å². The first kappa shape index (κ1) is 20.8. The van der Waals surface area contributed by atoms with Gasteiger partial charge in [-0.1, -0.05) is 0 Å². The minimum atomic E-state index is -0.955. The van der Waals surface area contributed by atoms with Gasteiger partial charge >= 0.3 is 0 Å². The van der Waals surface area contributed by atoms with E-state index in [0.717, 1.165) is 6.20 Å². The van der Waals surface area contributed by atoms with E-state index in [-0.39, 0.29) is 23.8 Å². The van der Waals surface area contributed by atoms with Gasteiger partial charge in [-0.05, 0) is 12.8 Å². The Morgan fingerprint density at radius 3 is 2.68 bits per heavy atom. The summed E-state index contributed by atoms with van der Waals surface area (Å²) in [5.41, 5.74) is 5.32. The van der Waals surface area contributed by atoms with Gasteiger partial charge in [0.25, 0.3) is 5.91 Å². The fraction of sp³-hybridized carbons (Fsp3) is 0.474. The van der Waals surface area contributed by atoms with Gasteiger partial charge in [0.05, 0.1) is 38.0 Å². The third kappa shape index (κ3) is 4.24. The first-order chi connectivity index (χ1) is 15.0. The molecule has 2 amide bonds. The highest BCUT2D eigenvalue weighted by atomic mass is 19.1. The highest BCUT2D eigenvalue weighted by Crippen LogP contribution is 2.33. The van der Waals surface area contributed by atoms with Crippen molar-refractivity contribution in [2.45, 2.75) is 25.3 Å². The van der Waals surface area contributed by atoms with Gasteiger partial charge in [0.15, 0.2) is 11.5 Å². The quantitative estimate of drug-likeness (QED) is 0.723. The summed E-state index contributed by atoms with van der Waals surface area (Å²) >= 11 is 0. The average Bonchev–Trinajstić information content (AvgIpc) is 3.29. The number of piperidine rings is 1. The summed E-state index contributed by atoms with van der Waals surface area (Å²) in [4.78, 5) is 48.2. The van der Waals surface area contributed by atoms with Crippen molar-refractivity contribution in [3.05, 3.63) is 35.8 Å². The van der Waals surface area contributed by atoms with Gasteiger partial charge in [-0.3, -0.25) is 19.4 Å². The second kappa shape index (κ2) is 8.76. The molecule has 2 aliphatic rings. The Hall–Kier alpha value is -3.41. The Morgan fingerprint density at radius 1 is 1.19 bits per heavy atom. The second-order valence-electron chi connectivity index (χ2n) is 7.28. The average molecular weight is 431 g/mol. The maximum absolute atomic E-state index is 13.6. The summed E-state index contributed by atoms with van der Waals surface area (Å²) in [5.74, 6) is -1.61. The number of aromatic nitrogens is 4. The summed E-state index contributed by atoms with van der Waals surface area (Å²) in [6.45, 7) is 1.35. The van der Waals surface area contributed by atoms with Crippen molar-refractivity contribution < 1.29 is 23.6 Å². The van der Waals surface area contributed by atoms with Crippen LogP contribution in [0.1, 0.15) is 41.5 Å². The van der Waals surface area contributed by atoms with Crippen molar-refractivity contribution in [3.63, 3.8) is 0 Å². The lowest BCUT2D eigenvalue weighted by Crippen LogP contribution is -2.42. The number of hydrogen-bond donors (Lipinski definition) is 1. The highest BCUT2D eigenvalue weighted by Gasteiger charge is 2.38. The Labute approximate surface area is 177 Å². The number of rotatable bonds is 5. The van der Waals surface area contributed by atoms with Crippen LogP contribution in [0.2, 0.25) is 0 Å². The van der Waals surface area contributed by atoms with Crippen LogP contribution in [-0.2, 0) is 9.63 Å². The van der Waals surface area contributed by atoms with Crippen molar-refractivity contribution in [2.75, 3.05) is 31.7 Å². The predicted octanol–water partition coefficient (Wildman–Crippen LogP) is 0.635. The number of halogens is 1. The minimum Gasteiger partial charge on any atom is -0.480 e. The molecule has 2 aromatic rings. The number of primary amides is 1. The van der Waals surface area contributed by atoms with Crippen LogP contribution < -0.4 is 15.4 Å². The Kier molecular flexibility index (Phi) is 5.89. The molecule has 0 unspecified atom stereocenters. The van der Waals surface area contributed by atoms with Gasteiger partial charge in [-0.15, -0.1) is 0 Å². The molecule has 11 nitrogen and oxygen atoms in total. The number of carbonyl (C=O) groups excluding carboxylic acids is 2. The molecule has 2 fully saturated rings. The molecule has 0 spiro atoms. The molecule has 31 heavy (non-hydrogen) atoms. The van der Waals surface area contributed by atoms with Crippen LogP contribution in [0.15, 0.2) is 18.6 Å². The molecule has 4 heterocycles. The second-order valence-corrected chi connectivity index (χ2v) is 7.28. The van der Waals surface area contributed by atoms with E-state index < -0.39 is 17.4 Å². The number of ether oxygens (including phenoxy) is 1. The number of hydrogen-bond acceptors (Lipinski definition) is 9. The number of hydroxylamine groups is 2. The Bertz CT molecular complexity index is 983. The maximum atomic E-state index is 13.6. The molecule has 0 aromatic carbocycles. The number of methoxy groups -OCH3 is 1. The molecule has 164 valence electrons. The number of anilines is 1. The van der Waals surface area contributed by atoms with Crippen molar-refractivity contribution in [3.8, 4) is 5.88 Å². The van der Waals surface area contributed by atoms with Gasteiger partial charge < -0.3 is 15.4 Å². The third-order valence-electron chi connectivity index (χ3n) is 5.40. The first-order valence-electron chi connectivity index (χ1n) is 9.87. The molecule has 2 aromatic heterocycles. The van der Waals surface area contributed by atoms with Crippen molar-refractivity contribution >= 4 is 17.8 Å². The standard InChI is InChI=1S/C19H22FN7O4/c1-30-15-10-22-9-13(24-15)14-4-7-31-27(14)18(29)11-2-5-26(6-3-11)19-23-8-12(20)16(25-19)17(21)28/h8-11,14H,2-7H2,1H3,(H2,21,28)/t14-/m0/s1. The van der Waals surface area contributed by atoms with Crippen LogP contribution in [0, 0.1) is 11.7 Å². The molecule has 0 bridgehead atoms. The number of carbonyl (C=O) groups is 2. The minimum absolute atomic E-state index is 0.121. The molecule has 0 radical (unpaired) electrons. The van der Waals surface area contributed by atoms with Gasteiger partial charge in [0.1, 0.15) is 6.04 Å². The smallest absolute Gasteiger partial charge is 0.270 e. The zero-order valence-corrected chi connectivity index (χ0v) is 16.9. The molecular formula is C19H22FN7O4. The van der Waals surface area contributed by atoms with Crippen LogP contribution in [0.25, 0.3) is 0 Å². The molecular weight excluding hydrogens is 409 g/mol. The Balaban J connectivity index is 1.42.